The van der Waals surface area contributed by atoms with Crippen LogP contribution in [0.5, 0.6) is 0 Å². The molecule has 0 aromatic heterocycles. The van der Waals surface area contributed by atoms with Gasteiger partial charge in [0.25, 0.3) is 0 Å². The number of nitrogens with zero attached hydrogens (tertiary/aromatic N) is 1. The third-order valence-corrected chi connectivity index (χ3v) is 5.49. The molecule has 0 radical (unpaired) electrons. The number of carbonyl (C=O) groups is 1. The van der Waals surface area contributed by atoms with Crippen LogP contribution in [-0.2, 0) is 20.6 Å². The van der Waals surface area contributed by atoms with Crippen LogP contribution in [-0.4, -0.2) is 74.0 Å². The van der Waals surface area contributed by atoms with E-state index in [1.807, 2.05) is 37.4 Å². The van der Waals surface area contributed by atoms with Gasteiger partial charge < -0.3 is 29.5 Å². The highest BCUT2D eigenvalue weighted by atomic mass is 16.7. The second kappa shape index (κ2) is 10.4. The van der Waals surface area contributed by atoms with Crippen molar-refractivity contribution in [1.29, 1.82) is 0 Å². The van der Waals surface area contributed by atoms with E-state index < -0.39 is 18.2 Å². The number of aliphatic hydroxyl groups excluding tert-OH is 1. The van der Waals surface area contributed by atoms with E-state index in [4.69, 9.17) is 14.2 Å². The lowest BCUT2D eigenvalue weighted by molar-refractivity contribution is -0.0907. The molecule has 2 aliphatic rings. The zero-order chi connectivity index (χ0) is 20.8. The van der Waals surface area contributed by atoms with Crippen LogP contribution in [0, 0.1) is 11.8 Å². The first-order chi connectivity index (χ1) is 13.9. The first-order valence-electron chi connectivity index (χ1n) is 10.5. The van der Waals surface area contributed by atoms with Gasteiger partial charge in [-0.25, -0.2) is 4.79 Å². The Morgan fingerprint density at radius 2 is 2.03 bits per heavy atom. The fourth-order valence-corrected chi connectivity index (χ4v) is 4.17. The van der Waals surface area contributed by atoms with Crippen LogP contribution < -0.4 is 5.32 Å². The van der Waals surface area contributed by atoms with Gasteiger partial charge in [-0.3, -0.25) is 0 Å². The highest BCUT2D eigenvalue weighted by molar-refractivity contribution is 5.68. The van der Waals surface area contributed by atoms with E-state index in [0.717, 1.165) is 18.5 Å². The van der Waals surface area contributed by atoms with E-state index in [1.54, 1.807) is 0 Å². The van der Waals surface area contributed by atoms with Gasteiger partial charge in [0.15, 0.2) is 6.29 Å². The smallest absolute Gasteiger partial charge is 0.407 e. The monoisotopic (exact) mass is 406 g/mol. The van der Waals surface area contributed by atoms with E-state index in [9.17, 15) is 9.90 Å². The maximum atomic E-state index is 12.6. The largest absolute Gasteiger partial charge is 0.443 e. The van der Waals surface area contributed by atoms with Crippen LogP contribution >= 0.6 is 0 Å². The maximum Gasteiger partial charge on any atom is 0.407 e. The van der Waals surface area contributed by atoms with Crippen LogP contribution in [0.25, 0.3) is 0 Å². The zero-order valence-corrected chi connectivity index (χ0v) is 17.6. The Bertz CT molecular complexity index is 641. The molecule has 0 bridgehead atoms. The SMILES string of the molecule is CC(C)CN(C)C[C@@H](O)[C@H](Cc1ccccc1)NC(=O)O[C@H]1CO[C@H]2OCC[C@H]21. The van der Waals surface area contributed by atoms with Gasteiger partial charge >= 0.3 is 6.09 Å². The molecule has 0 saturated carbocycles. The summed E-state index contributed by atoms with van der Waals surface area (Å²) in [6.45, 7) is 6.62. The van der Waals surface area contributed by atoms with E-state index in [0.29, 0.717) is 32.1 Å². The number of hydrogen-bond acceptors (Lipinski definition) is 6. The van der Waals surface area contributed by atoms with Gasteiger partial charge in [-0.15, -0.1) is 0 Å². The highest BCUT2D eigenvalue weighted by Crippen LogP contribution is 2.33. The zero-order valence-electron chi connectivity index (χ0n) is 17.6. The van der Waals surface area contributed by atoms with E-state index in [1.165, 1.54) is 0 Å². The molecule has 5 atom stereocenters. The molecule has 1 aromatic rings. The number of aliphatic hydroxyl groups is 1. The number of fused-ring (bicyclic) bond motifs is 1. The molecular formula is C22H34N2O5. The Morgan fingerprint density at radius 1 is 1.28 bits per heavy atom. The van der Waals surface area contributed by atoms with Crippen LogP contribution in [0.3, 0.4) is 0 Å². The topological polar surface area (TPSA) is 80.3 Å². The normalized spacial score (nSPS) is 25.8. The van der Waals surface area contributed by atoms with Gasteiger partial charge in [0, 0.05) is 13.1 Å². The van der Waals surface area contributed by atoms with Crippen LogP contribution in [0.1, 0.15) is 25.8 Å². The van der Waals surface area contributed by atoms with Gasteiger partial charge in [0.1, 0.15) is 6.10 Å². The molecular weight excluding hydrogens is 372 g/mol. The van der Waals surface area contributed by atoms with Crippen molar-refractivity contribution >= 4 is 6.09 Å². The van der Waals surface area contributed by atoms with Gasteiger partial charge in [-0.1, -0.05) is 44.2 Å². The Hall–Kier alpha value is -1.67. The summed E-state index contributed by atoms with van der Waals surface area (Å²) in [5.41, 5.74) is 1.05. The molecule has 0 unspecified atom stereocenters. The summed E-state index contributed by atoms with van der Waals surface area (Å²) in [7, 11) is 1.98. The third kappa shape index (κ3) is 6.40. The summed E-state index contributed by atoms with van der Waals surface area (Å²) < 4.78 is 16.7. The van der Waals surface area contributed by atoms with E-state index >= 15 is 0 Å². The molecule has 2 fully saturated rings. The molecule has 29 heavy (non-hydrogen) atoms. The van der Waals surface area contributed by atoms with Gasteiger partial charge in [0.2, 0.25) is 0 Å². The van der Waals surface area contributed by atoms with Crippen LogP contribution in [0.15, 0.2) is 30.3 Å². The van der Waals surface area contributed by atoms with Crippen LogP contribution in [0.4, 0.5) is 4.79 Å². The van der Waals surface area contributed by atoms with Crippen molar-refractivity contribution in [3.8, 4) is 0 Å². The number of hydrogen-bond donors (Lipinski definition) is 2. The van der Waals surface area contributed by atoms with Crippen molar-refractivity contribution in [1.82, 2.24) is 10.2 Å². The summed E-state index contributed by atoms with van der Waals surface area (Å²) in [5, 5.41) is 13.8. The molecule has 2 N–H and O–H groups in total. The first kappa shape index (κ1) is 22.0. The molecule has 1 amide bonds. The predicted octanol–water partition coefficient (Wildman–Crippen LogP) is 2.03. The van der Waals surface area contributed by atoms with E-state index in [2.05, 4.69) is 24.1 Å². The summed E-state index contributed by atoms with van der Waals surface area (Å²) >= 11 is 0. The average Bonchev–Trinajstić information content (AvgIpc) is 3.26. The fraction of sp³-hybridized carbons (Fsp3) is 0.682. The van der Waals surface area contributed by atoms with Gasteiger partial charge in [-0.05, 0) is 31.4 Å². The Labute approximate surface area is 173 Å². The van der Waals surface area contributed by atoms with E-state index in [-0.39, 0.29) is 18.3 Å². The van der Waals surface area contributed by atoms with Gasteiger partial charge in [-0.2, -0.15) is 0 Å². The second-order valence-electron chi connectivity index (χ2n) is 8.59. The number of benzene rings is 1. The quantitative estimate of drug-likeness (QED) is 0.653. The number of likely N-dealkylation sites (N-methyl/N-ethyl adjacent to an activating group) is 1. The predicted molar refractivity (Wildman–Crippen MR) is 109 cm³/mol. The van der Waals surface area contributed by atoms with Crippen molar-refractivity contribution in [3.05, 3.63) is 35.9 Å². The summed E-state index contributed by atoms with van der Waals surface area (Å²) in [4.78, 5) is 14.7. The lowest BCUT2D eigenvalue weighted by Crippen LogP contribution is -2.50. The van der Waals surface area contributed by atoms with Crippen molar-refractivity contribution in [3.63, 3.8) is 0 Å². The number of nitrogens with one attached hydrogen (secondary N) is 1. The highest BCUT2D eigenvalue weighted by Gasteiger charge is 2.44. The summed E-state index contributed by atoms with van der Waals surface area (Å²) in [5.74, 6) is 0.595. The molecule has 0 spiro atoms. The first-order valence-corrected chi connectivity index (χ1v) is 10.5. The Balaban J connectivity index is 1.59. The number of amides is 1. The molecule has 162 valence electrons. The minimum atomic E-state index is -0.714. The number of rotatable bonds is 9. The molecule has 7 nitrogen and oxygen atoms in total. The summed E-state index contributed by atoms with van der Waals surface area (Å²) in [6.07, 6.45) is -0.433. The molecule has 3 rings (SSSR count). The van der Waals surface area contributed by atoms with Crippen molar-refractivity contribution in [2.24, 2.45) is 11.8 Å². The number of ether oxygens (including phenoxy) is 3. The Kier molecular flexibility index (Phi) is 7.89. The Morgan fingerprint density at radius 3 is 2.76 bits per heavy atom. The maximum absolute atomic E-state index is 12.6. The second-order valence-corrected chi connectivity index (χ2v) is 8.59. The molecule has 2 saturated heterocycles. The average molecular weight is 407 g/mol. The molecule has 7 heteroatoms. The van der Waals surface area contributed by atoms with Crippen LogP contribution in [0.2, 0.25) is 0 Å². The van der Waals surface area contributed by atoms with Crippen molar-refractivity contribution < 1.29 is 24.1 Å². The van der Waals surface area contributed by atoms with Crippen molar-refractivity contribution in [2.45, 2.75) is 51.2 Å². The van der Waals surface area contributed by atoms with Crippen molar-refractivity contribution in [2.75, 3.05) is 33.4 Å². The third-order valence-electron chi connectivity index (χ3n) is 5.49. The number of alkyl carbamates (subject to hydrolysis) is 1. The molecule has 2 aliphatic heterocycles. The lowest BCUT2D eigenvalue weighted by Gasteiger charge is -2.29. The van der Waals surface area contributed by atoms with Gasteiger partial charge in [0.05, 0.1) is 31.3 Å². The molecule has 0 aliphatic carbocycles. The lowest BCUT2D eigenvalue weighted by atomic mass is 10.0. The molecule has 2 heterocycles. The minimum absolute atomic E-state index is 0.0930. The fourth-order valence-electron chi connectivity index (χ4n) is 4.17. The summed E-state index contributed by atoms with van der Waals surface area (Å²) in [6, 6.07) is 9.41. The number of carbonyl (C=O) groups excluding carboxylic acids is 1. The minimum Gasteiger partial charge on any atom is -0.443 e. The standard InChI is InChI=1S/C22H34N2O5/c1-15(2)12-24(3)13-19(25)18(11-16-7-5-4-6-8-16)23-22(26)29-20-14-28-21-17(20)9-10-27-21/h4-8,15,17-21,25H,9-14H2,1-3H3,(H,23,26)/t17-,18-,19+,20-,21+/m0/s1. The molecule has 1 aromatic carbocycles.